The van der Waals surface area contributed by atoms with Crippen molar-refractivity contribution in [3.8, 4) is 0 Å². The molecule has 3 fully saturated rings. The van der Waals surface area contributed by atoms with Crippen LogP contribution in [0.2, 0.25) is 0 Å². The van der Waals surface area contributed by atoms with Gasteiger partial charge in [-0.2, -0.15) is 0 Å². The van der Waals surface area contributed by atoms with Crippen LogP contribution in [0.15, 0.2) is 60.7 Å². The van der Waals surface area contributed by atoms with Crippen LogP contribution in [0.25, 0.3) is 0 Å². The number of rotatable bonds is 6. The Balaban J connectivity index is 1.05. The van der Waals surface area contributed by atoms with E-state index in [0.717, 1.165) is 71.4 Å². The van der Waals surface area contributed by atoms with Gasteiger partial charge in [0.05, 0.1) is 0 Å². The molecule has 5 heteroatoms. The van der Waals surface area contributed by atoms with Gasteiger partial charge in [-0.15, -0.1) is 0 Å². The van der Waals surface area contributed by atoms with Gasteiger partial charge in [0.1, 0.15) is 0 Å². The van der Waals surface area contributed by atoms with Crippen LogP contribution in [-0.2, 0) is 16.0 Å². The van der Waals surface area contributed by atoms with E-state index in [9.17, 15) is 9.59 Å². The van der Waals surface area contributed by atoms with Gasteiger partial charge >= 0.3 is 0 Å². The highest BCUT2D eigenvalue weighted by atomic mass is 16.2. The van der Waals surface area contributed by atoms with E-state index < -0.39 is 0 Å². The number of piperazine rings is 1. The average Bonchev–Trinajstić information content (AvgIpc) is 3.58. The lowest BCUT2D eigenvalue weighted by Crippen LogP contribution is -2.50. The summed E-state index contributed by atoms with van der Waals surface area (Å²) in [6, 6.07) is 20.9. The second-order valence-corrected chi connectivity index (χ2v) is 9.99. The van der Waals surface area contributed by atoms with Crippen molar-refractivity contribution < 1.29 is 9.59 Å². The number of nitrogens with zero attached hydrogens (tertiary/aromatic N) is 3. The van der Waals surface area contributed by atoms with Crippen molar-refractivity contribution in [2.45, 2.75) is 38.5 Å². The molecule has 1 atom stereocenters. The minimum Gasteiger partial charge on any atom is -0.368 e. The first-order valence-corrected chi connectivity index (χ1v) is 12.6. The summed E-state index contributed by atoms with van der Waals surface area (Å²) in [6.45, 7) is 5.06. The normalized spacial score (nSPS) is 21.8. The molecule has 33 heavy (non-hydrogen) atoms. The Morgan fingerprint density at radius 3 is 2.09 bits per heavy atom. The highest BCUT2D eigenvalue weighted by molar-refractivity contribution is 5.83. The number of aryl methyl sites for hydroxylation is 1. The lowest BCUT2D eigenvalue weighted by molar-refractivity contribution is -0.134. The van der Waals surface area contributed by atoms with Crippen LogP contribution in [0.1, 0.15) is 37.7 Å². The number of hydrogen-bond acceptors (Lipinski definition) is 3. The SMILES string of the molecule is O=C(CCCc1ccccc1)N1CCC2(CC1)C[C@@H]2C(=O)N1CCN(c2ccccc2)CC1. The van der Waals surface area contributed by atoms with Crippen molar-refractivity contribution in [3.05, 3.63) is 66.2 Å². The number of amides is 2. The summed E-state index contributed by atoms with van der Waals surface area (Å²) in [4.78, 5) is 32.4. The monoisotopic (exact) mass is 445 g/mol. The molecular formula is C28H35N3O2. The molecule has 0 N–H and O–H groups in total. The standard InChI is InChI=1S/C28H35N3O2/c32-26(13-7-10-23-8-3-1-4-9-23)30-16-14-28(15-17-30)22-25(28)27(33)31-20-18-29(19-21-31)24-11-5-2-6-12-24/h1-6,8-9,11-12,25H,7,10,13-22H2/t25-/m1/s1. The molecule has 3 aliphatic rings. The smallest absolute Gasteiger partial charge is 0.226 e. The molecule has 1 saturated carbocycles. The lowest BCUT2D eigenvalue weighted by atomic mass is 9.90. The summed E-state index contributed by atoms with van der Waals surface area (Å²) in [5.74, 6) is 0.808. The minimum absolute atomic E-state index is 0.161. The van der Waals surface area contributed by atoms with E-state index in [-0.39, 0.29) is 17.2 Å². The van der Waals surface area contributed by atoms with Gasteiger partial charge in [-0.25, -0.2) is 0 Å². The summed E-state index contributed by atoms with van der Waals surface area (Å²) < 4.78 is 0. The van der Waals surface area contributed by atoms with Gasteiger partial charge < -0.3 is 14.7 Å². The Hall–Kier alpha value is -2.82. The van der Waals surface area contributed by atoms with Crippen LogP contribution in [-0.4, -0.2) is 60.9 Å². The first-order valence-electron chi connectivity index (χ1n) is 12.6. The first kappa shape index (κ1) is 22.0. The molecule has 2 aromatic rings. The van der Waals surface area contributed by atoms with Crippen LogP contribution < -0.4 is 4.90 Å². The van der Waals surface area contributed by atoms with Crippen molar-refractivity contribution in [3.63, 3.8) is 0 Å². The van der Waals surface area contributed by atoms with E-state index in [1.165, 1.54) is 11.3 Å². The van der Waals surface area contributed by atoms with Crippen molar-refractivity contribution >= 4 is 17.5 Å². The minimum atomic E-state index is 0.161. The number of anilines is 1. The number of carbonyl (C=O) groups excluding carboxylic acids is 2. The molecule has 1 aliphatic carbocycles. The highest BCUT2D eigenvalue weighted by Gasteiger charge is 2.59. The topological polar surface area (TPSA) is 43.9 Å². The van der Waals surface area contributed by atoms with Crippen molar-refractivity contribution in [1.29, 1.82) is 0 Å². The van der Waals surface area contributed by atoms with E-state index in [4.69, 9.17) is 0 Å². The average molecular weight is 446 g/mol. The van der Waals surface area contributed by atoms with Gasteiger partial charge in [0, 0.05) is 57.3 Å². The molecule has 2 aromatic carbocycles. The molecule has 2 heterocycles. The number of benzene rings is 2. The fourth-order valence-electron chi connectivity index (χ4n) is 5.74. The maximum atomic E-state index is 13.2. The zero-order valence-corrected chi connectivity index (χ0v) is 19.5. The molecular weight excluding hydrogens is 410 g/mol. The predicted molar refractivity (Wildman–Crippen MR) is 131 cm³/mol. The maximum absolute atomic E-state index is 13.2. The van der Waals surface area contributed by atoms with Crippen LogP contribution in [0.3, 0.4) is 0 Å². The van der Waals surface area contributed by atoms with Gasteiger partial charge in [-0.1, -0.05) is 48.5 Å². The van der Waals surface area contributed by atoms with Crippen molar-refractivity contribution in [1.82, 2.24) is 9.80 Å². The molecule has 2 amide bonds. The lowest BCUT2D eigenvalue weighted by Gasteiger charge is -2.37. The number of carbonyl (C=O) groups is 2. The number of likely N-dealkylation sites (tertiary alicyclic amines) is 1. The molecule has 2 saturated heterocycles. The van der Waals surface area contributed by atoms with Crippen LogP contribution in [0, 0.1) is 11.3 Å². The number of piperidine rings is 1. The number of hydrogen-bond donors (Lipinski definition) is 0. The molecule has 2 aliphatic heterocycles. The summed E-state index contributed by atoms with van der Waals surface area (Å²) in [5, 5.41) is 0. The van der Waals surface area contributed by atoms with Gasteiger partial charge in [-0.05, 0) is 55.2 Å². The molecule has 0 bridgehead atoms. The Kier molecular flexibility index (Phi) is 6.39. The fourth-order valence-corrected chi connectivity index (χ4v) is 5.74. The third-order valence-corrected chi connectivity index (χ3v) is 8.01. The molecule has 0 radical (unpaired) electrons. The zero-order valence-electron chi connectivity index (χ0n) is 19.5. The second kappa shape index (κ2) is 9.58. The third-order valence-electron chi connectivity index (χ3n) is 8.01. The second-order valence-electron chi connectivity index (χ2n) is 9.99. The van der Waals surface area contributed by atoms with Crippen LogP contribution >= 0.6 is 0 Å². The fraction of sp³-hybridized carbons (Fsp3) is 0.500. The molecule has 5 rings (SSSR count). The van der Waals surface area contributed by atoms with E-state index >= 15 is 0 Å². The maximum Gasteiger partial charge on any atom is 0.226 e. The van der Waals surface area contributed by atoms with E-state index in [2.05, 4.69) is 58.3 Å². The molecule has 1 spiro atoms. The quantitative estimate of drug-likeness (QED) is 0.675. The predicted octanol–water partition coefficient (Wildman–Crippen LogP) is 3.99. The van der Waals surface area contributed by atoms with E-state index in [1.807, 2.05) is 17.0 Å². The van der Waals surface area contributed by atoms with Crippen molar-refractivity contribution in [2.24, 2.45) is 11.3 Å². The number of para-hydroxylation sites is 1. The Morgan fingerprint density at radius 2 is 1.42 bits per heavy atom. The Morgan fingerprint density at radius 1 is 0.788 bits per heavy atom. The molecule has 5 nitrogen and oxygen atoms in total. The first-order chi connectivity index (χ1) is 16.1. The van der Waals surface area contributed by atoms with Gasteiger partial charge in [-0.3, -0.25) is 9.59 Å². The zero-order chi connectivity index (χ0) is 22.7. The molecule has 174 valence electrons. The van der Waals surface area contributed by atoms with Gasteiger partial charge in [0.25, 0.3) is 0 Å². The largest absolute Gasteiger partial charge is 0.368 e. The Bertz CT molecular complexity index is 946. The highest BCUT2D eigenvalue weighted by Crippen LogP contribution is 2.60. The van der Waals surface area contributed by atoms with E-state index in [1.54, 1.807) is 0 Å². The van der Waals surface area contributed by atoms with Crippen molar-refractivity contribution in [2.75, 3.05) is 44.2 Å². The van der Waals surface area contributed by atoms with Gasteiger partial charge in [0.2, 0.25) is 11.8 Å². The summed E-state index contributed by atoms with van der Waals surface area (Å²) in [5.41, 5.74) is 2.70. The summed E-state index contributed by atoms with van der Waals surface area (Å²) in [6.07, 6.45) is 5.46. The molecule has 0 unspecified atom stereocenters. The Labute approximate surface area is 197 Å². The van der Waals surface area contributed by atoms with Gasteiger partial charge in [0.15, 0.2) is 0 Å². The third kappa shape index (κ3) is 4.92. The van der Waals surface area contributed by atoms with E-state index in [0.29, 0.717) is 12.3 Å². The van der Waals surface area contributed by atoms with Crippen LogP contribution in [0.5, 0.6) is 0 Å². The van der Waals surface area contributed by atoms with Crippen LogP contribution in [0.4, 0.5) is 5.69 Å². The summed E-state index contributed by atoms with van der Waals surface area (Å²) >= 11 is 0. The molecule has 0 aromatic heterocycles. The summed E-state index contributed by atoms with van der Waals surface area (Å²) in [7, 11) is 0.